The predicted octanol–water partition coefficient (Wildman–Crippen LogP) is 2.70. The molecule has 1 aliphatic rings. The average molecular weight is 242 g/mol. The number of hydrogen-bond acceptors (Lipinski definition) is 3. The zero-order valence-corrected chi connectivity index (χ0v) is 10.3. The van der Waals surface area contributed by atoms with Gasteiger partial charge in [-0.3, -0.25) is 0 Å². The number of rotatable bonds is 2. The minimum Gasteiger partial charge on any atom is -0.503 e. The van der Waals surface area contributed by atoms with E-state index in [0.717, 1.165) is 30.4 Å². The second-order valence-corrected chi connectivity index (χ2v) is 4.82. The first-order valence-electron chi connectivity index (χ1n) is 5.35. The van der Waals surface area contributed by atoms with Crippen molar-refractivity contribution in [1.29, 1.82) is 0 Å². The van der Waals surface area contributed by atoms with E-state index in [1.54, 1.807) is 6.07 Å². The van der Waals surface area contributed by atoms with Crippen LogP contribution in [0.1, 0.15) is 30.4 Å². The van der Waals surface area contributed by atoms with Crippen molar-refractivity contribution in [2.75, 3.05) is 7.11 Å². The number of benzene rings is 1. The van der Waals surface area contributed by atoms with Gasteiger partial charge in [-0.1, -0.05) is 11.6 Å². The van der Waals surface area contributed by atoms with Gasteiger partial charge in [0, 0.05) is 5.54 Å². The van der Waals surface area contributed by atoms with Crippen LogP contribution in [-0.4, -0.2) is 12.2 Å². The Balaban J connectivity index is 2.58. The third-order valence-corrected chi connectivity index (χ3v) is 3.73. The molecule has 0 aromatic heterocycles. The number of halogens is 1. The van der Waals surface area contributed by atoms with Crippen LogP contribution >= 0.6 is 11.6 Å². The quantitative estimate of drug-likeness (QED) is 0.837. The van der Waals surface area contributed by atoms with E-state index in [1.165, 1.54) is 7.11 Å². The van der Waals surface area contributed by atoms with Crippen LogP contribution < -0.4 is 10.5 Å². The van der Waals surface area contributed by atoms with Gasteiger partial charge >= 0.3 is 0 Å². The molecule has 3 N–H and O–H groups in total. The van der Waals surface area contributed by atoms with E-state index in [1.807, 2.05) is 6.92 Å². The molecule has 3 nitrogen and oxygen atoms in total. The smallest absolute Gasteiger partial charge is 0.177 e. The van der Waals surface area contributed by atoms with Crippen molar-refractivity contribution in [3.05, 3.63) is 22.2 Å². The molecule has 0 amide bonds. The predicted molar refractivity (Wildman–Crippen MR) is 64.1 cm³/mol. The summed E-state index contributed by atoms with van der Waals surface area (Å²) in [6.07, 6.45) is 2.94. The summed E-state index contributed by atoms with van der Waals surface area (Å²) < 4.78 is 5.05. The van der Waals surface area contributed by atoms with Crippen molar-refractivity contribution in [1.82, 2.24) is 0 Å². The average Bonchev–Trinajstić information content (AvgIpc) is 2.21. The summed E-state index contributed by atoms with van der Waals surface area (Å²) in [5.41, 5.74) is 7.71. The first-order chi connectivity index (χ1) is 7.49. The molecular formula is C12H16ClNO2. The van der Waals surface area contributed by atoms with E-state index in [9.17, 15) is 5.11 Å². The van der Waals surface area contributed by atoms with Gasteiger partial charge in [0.05, 0.1) is 12.1 Å². The standard InChI is InChI=1S/C12H16ClNO2/c1-7-6-8(16-2)11(15)10(13)9(7)12(14)4-3-5-12/h6,15H,3-5,14H2,1-2H3. The van der Waals surface area contributed by atoms with Crippen molar-refractivity contribution < 1.29 is 9.84 Å². The van der Waals surface area contributed by atoms with Crippen LogP contribution in [0.2, 0.25) is 5.02 Å². The molecule has 16 heavy (non-hydrogen) atoms. The highest BCUT2D eigenvalue weighted by molar-refractivity contribution is 6.33. The number of aryl methyl sites for hydroxylation is 1. The fourth-order valence-corrected chi connectivity index (χ4v) is 2.74. The van der Waals surface area contributed by atoms with Gasteiger partial charge in [-0.15, -0.1) is 0 Å². The zero-order chi connectivity index (χ0) is 11.9. The highest BCUT2D eigenvalue weighted by atomic mass is 35.5. The molecule has 0 bridgehead atoms. The number of nitrogens with two attached hydrogens (primary N) is 1. The van der Waals surface area contributed by atoms with E-state index in [4.69, 9.17) is 22.1 Å². The van der Waals surface area contributed by atoms with Crippen molar-refractivity contribution in [3.63, 3.8) is 0 Å². The lowest BCUT2D eigenvalue weighted by Crippen LogP contribution is -2.44. The molecule has 4 heteroatoms. The summed E-state index contributed by atoms with van der Waals surface area (Å²) in [7, 11) is 1.51. The largest absolute Gasteiger partial charge is 0.503 e. The Bertz CT molecular complexity index is 428. The van der Waals surface area contributed by atoms with Gasteiger partial charge in [0.15, 0.2) is 11.5 Å². The van der Waals surface area contributed by atoms with Crippen molar-refractivity contribution in [2.24, 2.45) is 5.73 Å². The second-order valence-electron chi connectivity index (χ2n) is 4.44. The van der Waals surface area contributed by atoms with E-state index < -0.39 is 0 Å². The topological polar surface area (TPSA) is 55.5 Å². The first kappa shape index (κ1) is 11.6. The maximum Gasteiger partial charge on any atom is 0.177 e. The van der Waals surface area contributed by atoms with Gasteiger partial charge in [-0.25, -0.2) is 0 Å². The number of aromatic hydroxyl groups is 1. The van der Waals surface area contributed by atoms with E-state index >= 15 is 0 Å². The summed E-state index contributed by atoms with van der Waals surface area (Å²) in [5, 5.41) is 10.2. The minimum atomic E-state index is -0.370. The number of phenolic OH excluding ortho intramolecular Hbond substituents is 1. The molecule has 1 aliphatic carbocycles. The van der Waals surface area contributed by atoms with Crippen LogP contribution in [0.3, 0.4) is 0 Å². The van der Waals surface area contributed by atoms with Gasteiger partial charge < -0.3 is 15.6 Å². The second kappa shape index (κ2) is 3.82. The summed E-state index contributed by atoms with van der Waals surface area (Å²) in [5.74, 6) is 0.385. The molecule has 1 aromatic carbocycles. The van der Waals surface area contributed by atoms with Crippen molar-refractivity contribution in [3.8, 4) is 11.5 Å². The highest BCUT2D eigenvalue weighted by Crippen LogP contribution is 2.48. The summed E-state index contributed by atoms with van der Waals surface area (Å²) in [6, 6.07) is 1.78. The molecule has 1 aromatic rings. The van der Waals surface area contributed by atoms with E-state index in [0.29, 0.717) is 10.8 Å². The minimum absolute atomic E-state index is 0.0125. The Kier molecular flexibility index (Phi) is 2.76. The number of ether oxygens (including phenoxy) is 1. The van der Waals surface area contributed by atoms with Crippen LogP contribution in [0, 0.1) is 6.92 Å². The summed E-state index contributed by atoms with van der Waals surface area (Å²) in [4.78, 5) is 0. The molecular weight excluding hydrogens is 226 g/mol. The van der Waals surface area contributed by atoms with Crippen LogP contribution in [0.25, 0.3) is 0 Å². The molecule has 88 valence electrons. The summed E-state index contributed by atoms with van der Waals surface area (Å²) >= 11 is 6.17. The molecule has 0 radical (unpaired) electrons. The van der Waals surface area contributed by atoms with Gasteiger partial charge in [-0.2, -0.15) is 0 Å². The Morgan fingerprint density at radius 2 is 2.12 bits per heavy atom. The lowest BCUT2D eigenvalue weighted by atomic mass is 9.71. The molecule has 0 atom stereocenters. The van der Waals surface area contributed by atoms with Crippen LogP contribution in [0.15, 0.2) is 6.07 Å². The fourth-order valence-electron chi connectivity index (χ4n) is 2.31. The highest BCUT2D eigenvalue weighted by Gasteiger charge is 2.38. The van der Waals surface area contributed by atoms with Gasteiger partial charge in [0.25, 0.3) is 0 Å². The lowest BCUT2D eigenvalue weighted by Gasteiger charge is -2.40. The Labute approximate surface area is 100 Å². The molecule has 0 unspecified atom stereocenters. The number of hydrogen-bond donors (Lipinski definition) is 2. The summed E-state index contributed by atoms with van der Waals surface area (Å²) in [6.45, 7) is 1.94. The molecule has 0 heterocycles. The van der Waals surface area contributed by atoms with Crippen LogP contribution in [0.4, 0.5) is 0 Å². The molecule has 2 rings (SSSR count). The SMILES string of the molecule is COc1cc(C)c(C2(N)CCC2)c(Cl)c1O. The molecule has 0 spiro atoms. The van der Waals surface area contributed by atoms with Gasteiger partial charge in [-0.05, 0) is 43.4 Å². The lowest BCUT2D eigenvalue weighted by molar-refractivity contribution is 0.251. The Morgan fingerprint density at radius 1 is 1.50 bits per heavy atom. The van der Waals surface area contributed by atoms with Crippen molar-refractivity contribution in [2.45, 2.75) is 31.7 Å². The maximum atomic E-state index is 9.87. The van der Waals surface area contributed by atoms with Gasteiger partial charge in [0.1, 0.15) is 0 Å². The number of methoxy groups -OCH3 is 1. The molecule has 0 aliphatic heterocycles. The van der Waals surface area contributed by atoms with Crippen molar-refractivity contribution >= 4 is 11.6 Å². The molecule has 1 saturated carbocycles. The van der Waals surface area contributed by atoms with E-state index in [-0.39, 0.29) is 11.3 Å². The third-order valence-electron chi connectivity index (χ3n) is 3.37. The normalized spacial score (nSPS) is 18.0. The Morgan fingerprint density at radius 3 is 2.56 bits per heavy atom. The van der Waals surface area contributed by atoms with E-state index in [2.05, 4.69) is 0 Å². The number of phenols is 1. The van der Waals surface area contributed by atoms with Crippen LogP contribution in [0.5, 0.6) is 11.5 Å². The fraction of sp³-hybridized carbons (Fsp3) is 0.500. The first-order valence-corrected chi connectivity index (χ1v) is 5.73. The maximum absolute atomic E-state index is 9.87. The van der Waals surface area contributed by atoms with Crippen LogP contribution in [-0.2, 0) is 5.54 Å². The zero-order valence-electron chi connectivity index (χ0n) is 9.51. The molecule has 0 saturated heterocycles. The third kappa shape index (κ3) is 1.55. The Hall–Kier alpha value is -0.930. The molecule has 1 fully saturated rings. The van der Waals surface area contributed by atoms with Gasteiger partial charge in [0.2, 0.25) is 0 Å². The monoisotopic (exact) mass is 241 g/mol.